The van der Waals surface area contributed by atoms with Gasteiger partial charge in [-0.2, -0.15) is 0 Å². The standard InChI is InChI=1S/C21H21N3OS2/c1-2-25-16-7-5-9-18-19(16)23-21(27-18)24-12-10-14(11-13-24)20-22-15-6-3-4-8-17(15)26-20/h3-9,14H,2,10-13H2,1H3. The predicted molar refractivity (Wildman–Crippen MR) is 115 cm³/mol. The number of rotatable bonds is 4. The molecule has 2 aromatic heterocycles. The second-order valence-electron chi connectivity index (χ2n) is 6.81. The van der Waals surface area contributed by atoms with E-state index in [1.807, 2.05) is 24.3 Å². The molecule has 27 heavy (non-hydrogen) atoms. The van der Waals surface area contributed by atoms with Gasteiger partial charge in [0.25, 0.3) is 0 Å². The Morgan fingerprint density at radius 2 is 1.81 bits per heavy atom. The molecule has 0 aliphatic carbocycles. The Morgan fingerprint density at radius 1 is 1.00 bits per heavy atom. The zero-order valence-electron chi connectivity index (χ0n) is 15.2. The fourth-order valence-electron chi connectivity index (χ4n) is 3.70. The van der Waals surface area contributed by atoms with E-state index < -0.39 is 0 Å². The molecule has 0 N–H and O–H groups in total. The van der Waals surface area contributed by atoms with Crippen molar-refractivity contribution in [2.75, 3.05) is 24.6 Å². The van der Waals surface area contributed by atoms with E-state index in [0.717, 1.165) is 47.8 Å². The fraction of sp³-hybridized carbons (Fsp3) is 0.333. The number of ether oxygens (including phenoxy) is 1. The van der Waals surface area contributed by atoms with Gasteiger partial charge in [-0.15, -0.1) is 11.3 Å². The molecule has 1 fully saturated rings. The van der Waals surface area contributed by atoms with Crippen LogP contribution in [0.3, 0.4) is 0 Å². The number of nitrogens with zero attached hydrogens (tertiary/aromatic N) is 3. The van der Waals surface area contributed by atoms with Crippen molar-refractivity contribution in [3.63, 3.8) is 0 Å². The highest BCUT2D eigenvalue weighted by Crippen LogP contribution is 2.38. The smallest absolute Gasteiger partial charge is 0.186 e. The molecule has 4 aromatic rings. The molecule has 2 aromatic carbocycles. The summed E-state index contributed by atoms with van der Waals surface area (Å²) < 4.78 is 8.24. The molecule has 0 atom stereocenters. The van der Waals surface area contributed by atoms with E-state index in [0.29, 0.717) is 12.5 Å². The second kappa shape index (κ2) is 7.09. The SMILES string of the molecule is CCOc1cccc2sc(N3CCC(c4nc5ccccc5s4)CC3)nc12. The lowest BCUT2D eigenvalue weighted by molar-refractivity contribution is 0.343. The normalized spacial score (nSPS) is 15.7. The fourth-order valence-corrected chi connectivity index (χ4v) is 5.87. The first-order valence-corrected chi connectivity index (χ1v) is 11.1. The number of anilines is 1. The topological polar surface area (TPSA) is 38.2 Å². The van der Waals surface area contributed by atoms with Gasteiger partial charge < -0.3 is 9.64 Å². The quantitative estimate of drug-likeness (QED) is 0.445. The maximum absolute atomic E-state index is 5.74. The highest BCUT2D eigenvalue weighted by molar-refractivity contribution is 7.22. The van der Waals surface area contributed by atoms with Crippen LogP contribution in [0.5, 0.6) is 5.75 Å². The Kier molecular flexibility index (Phi) is 4.45. The van der Waals surface area contributed by atoms with Crippen LogP contribution in [0.4, 0.5) is 5.13 Å². The summed E-state index contributed by atoms with van der Waals surface area (Å²) in [6.45, 7) is 4.74. The van der Waals surface area contributed by atoms with Gasteiger partial charge in [-0.05, 0) is 44.0 Å². The third kappa shape index (κ3) is 3.17. The van der Waals surface area contributed by atoms with Crippen molar-refractivity contribution in [1.29, 1.82) is 0 Å². The third-order valence-electron chi connectivity index (χ3n) is 5.10. The number of para-hydroxylation sites is 2. The lowest BCUT2D eigenvalue weighted by atomic mass is 9.98. The van der Waals surface area contributed by atoms with Gasteiger partial charge in [-0.1, -0.05) is 29.5 Å². The van der Waals surface area contributed by atoms with Crippen molar-refractivity contribution in [1.82, 2.24) is 9.97 Å². The van der Waals surface area contributed by atoms with Crippen LogP contribution in [0.1, 0.15) is 30.7 Å². The van der Waals surface area contributed by atoms with Crippen molar-refractivity contribution in [2.45, 2.75) is 25.7 Å². The van der Waals surface area contributed by atoms with E-state index in [4.69, 9.17) is 14.7 Å². The van der Waals surface area contributed by atoms with Crippen LogP contribution in [-0.2, 0) is 0 Å². The molecule has 0 radical (unpaired) electrons. The van der Waals surface area contributed by atoms with Gasteiger partial charge in [0.15, 0.2) is 5.13 Å². The van der Waals surface area contributed by atoms with E-state index in [9.17, 15) is 0 Å². The third-order valence-corrected chi connectivity index (χ3v) is 7.38. The van der Waals surface area contributed by atoms with E-state index in [1.54, 1.807) is 11.3 Å². The molecule has 0 spiro atoms. The summed E-state index contributed by atoms with van der Waals surface area (Å²) in [7, 11) is 0. The van der Waals surface area contributed by atoms with E-state index in [-0.39, 0.29) is 0 Å². The van der Waals surface area contributed by atoms with Gasteiger partial charge in [0.05, 0.1) is 26.5 Å². The molecule has 3 heterocycles. The lowest BCUT2D eigenvalue weighted by Gasteiger charge is -2.30. The Labute approximate surface area is 166 Å². The van der Waals surface area contributed by atoms with Gasteiger partial charge in [0, 0.05) is 19.0 Å². The summed E-state index contributed by atoms with van der Waals surface area (Å²) in [6.07, 6.45) is 2.27. The van der Waals surface area contributed by atoms with Crippen LogP contribution in [0.2, 0.25) is 0 Å². The van der Waals surface area contributed by atoms with Crippen molar-refractivity contribution < 1.29 is 4.74 Å². The molecule has 1 saturated heterocycles. The van der Waals surface area contributed by atoms with Crippen LogP contribution >= 0.6 is 22.7 Å². The molecular formula is C21H21N3OS2. The van der Waals surface area contributed by atoms with Gasteiger partial charge in [0.1, 0.15) is 11.3 Å². The van der Waals surface area contributed by atoms with E-state index in [2.05, 4.69) is 41.3 Å². The summed E-state index contributed by atoms with van der Waals surface area (Å²) in [5, 5.41) is 2.40. The average molecular weight is 396 g/mol. The zero-order chi connectivity index (χ0) is 18.2. The Balaban J connectivity index is 1.34. The zero-order valence-corrected chi connectivity index (χ0v) is 16.9. The van der Waals surface area contributed by atoms with Gasteiger partial charge in [0.2, 0.25) is 0 Å². The maximum atomic E-state index is 5.74. The van der Waals surface area contributed by atoms with Gasteiger partial charge >= 0.3 is 0 Å². The molecule has 1 aliphatic heterocycles. The number of thiazole rings is 2. The van der Waals surface area contributed by atoms with Crippen LogP contribution < -0.4 is 9.64 Å². The first-order valence-electron chi connectivity index (χ1n) is 9.44. The van der Waals surface area contributed by atoms with Crippen molar-refractivity contribution in [2.24, 2.45) is 0 Å². The average Bonchev–Trinajstić information content (AvgIpc) is 3.33. The first-order chi connectivity index (χ1) is 13.3. The van der Waals surface area contributed by atoms with Crippen molar-refractivity contribution in [3.05, 3.63) is 47.5 Å². The van der Waals surface area contributed by atoms with Crippen LogP contribution in [0, 0.1) is 0 Å². The molecule has 0 unspecified atom stereocenters. The molecule has 4 nitrogen and oxygen atoms in total. The summed E-state index contributed by atoms with van der Waals surface area (Å²) in [5.41, 5.74) is 2.13. The number of aromatic nitrogens is 2. The molecule has 0 amide bonds. The molecular weight excluding hydrogens is 374 g/mol. The number of fused-ring (bicyclic) bond motifs is 2. The van der Waals surface area contributed by atoms with Crippen LogP contribution in [0.25, 0.3) is 20.4 Å². The molecule has 6 heteroatoms. The Morgan fingerprint density at radius 3 is 2.63 bits per heavy atom. The summed E-state index contributed by atoms with van der Waals surface area (Å²) in [5.74, 6) is 1.45. The van der Waals surface area contributed by atoms with Gasteiger partial charge in [-0.3, -0.25) is 0 Å². The molecule has 1 aliphatic rings. The summed E-state index contributed by atoms with van der Waals surface area (Å²) in [6, 6.07) is 14.6. The van der Waals surface area contributed by atoms with Crippen molar-refractivity contribution >= 4 is 48.2 Å². The molecule has 138 valence electrons. The predicted octanol–water partition coefficient (Wildman–Crippen LogP) is 5.69. The second-order valence-corrected chi connectivity index (χ2v) is 8.88. The minimum Gasteiger partial charge on any atom is -0.492 e. The highest BCUT2D eigenvalue weighted by atomic mass is 32.1. The van der Waals surface area contributed by atoms with Crippen LogP contribution in [-0.4, -0.2) is 29.7 Å². The number of hydrogen-bond donors (Lipinski definition) is 0. The maximum Gasteiger partial charge on any atom is 0.186 e. The Hall–Kier alpha value is -2.18. The highest BCUT2D eigenvalue weighted by Gasteiger charge is 2.25. The minimum atomic E-state index is 0.562. The molecule has 5 rings (SSSR count). The van der Waals surface area contributed by atoms with E-state index >= 15 is 0 Å². The summed E-state index contributed by atoms with van der Waals surface area (Å²) in [4.78, 5) is 12.2. The molecule has 0 saturated carbocycles. The van der Waals surface area contributed by atoms with Crippen LogP contribution in [0.15, 0.2) is 42.5 Å². The van der Waals surface area contributed by atoms with E-state index in [1.165, 1.54) is 14.4 Å². The number of piperidine rings is 1. The summed E-state index contributed by atoms with van der Waals surface area (Å²) >= 11 is 3.62. The largest absolute Gasteiger partial charge is 0.492 e. The minimum absolute atomic E-state index is 0.562. The lowest BCUT2D eigenvalue weighted by Crippen LogP contribution is -2.32. The number of benzene rings is 2. The molecule has 0 bridgehead atoms. The Bertz CT molecular complexity index is 1050. The monoisotopic (exact) mass is 395 g/mol. The van der Waals surface area contributed by atoms with Crippen molar-refractivity contribution in [3.8, 4) is 5.75 Å². The first kappa shape index (κ1) is 17.0. The van der Waals surface area contributed by atoms with Gasteiger partial charge in [-0.25, -0.2) is 9.97 Å². The number of hydrogen-bond acceptors (Lipinski definition) is 6.